The van der Waals surface area contributed by atoms with Crippen molar-refractivity contribution in [3.8, 4) is 0 Å². The third-order valence-corrected chi connectivity index (χ3v) is 5.26. The Morgan fingerprint density at radius 1 is 1.27 bits per heavy atom. The fourth-order valence-electron chi connectivity index (χ4n) is 3.04. The SMILES string of the molecule is [2H]C([2H])([2H])C(C(=O)NCc1cc(Cl)c(C2CCC(=O)NC2=O)c(Cl)c1)(c1ncc(C)cn1)C([2H])([2H])[2H]. The van der Waals surface area contributed by atoms with Gasteiger partial charge in [-0.3, -0.25) is 19.7 Å². The van der Waals surface area contributed by atoms with Crippen LogP contribution in [0.5, 0.6) is 0 Å². The molecule has 9 heteroatoms. The van der Waals surface area contributed by atoms with Crippen molar-refractivity contribution >= 4 is 40.9 Å². The van der Waals surface area contributed by atoms with Crippen LogP contribution in [0, 0.1) is 6.92 Å². The number of rotatable bonds is 5. The van der Waals surface area contributed by atoms with Gasteiger partial charge in [-0.15, -0.1) is 0 Å². The summed E-state index contributed by atoms with van der Waals surface area (Å²) < 4.78 is 47.8. The summed E-state index contributed by atoms with van der Waals surface area (Å²) in [5.74, 6) is -3.66. The zero-order valence-electron chi connectivity index (χ0n) is 21.9. The highest BCUT2D eigenvalue weighted by molar-refractivity contribution is 6.36. The van der Waals surface area contributed by atoms with Crippen LogP contribution in [-0.2, 0) is 26.3 Å². The third kappa shape index (κ3) is 4.63. The Balaban J connectivity index is 1.94. The number of nitrogens with one attached hydrogen (secondary N) is 2. The molecule has 1 aromatic carbocycles. The lowest BCUT2D eigenvalue weighted by Crippen LogP contribution is -2.41. The van der Waals surface area contributed by atoms with E-state index < -0.39 is 48.6 Å². The van der Waals surface area contributed by atoms with Gasteiger partial charge in [0, 0.05) is 49.2 Å². The van der Waals surface area contributed by atoms with Crippen LogP contribution in [0.15, 0.2) is 24.5 Å². The van der Waals surface area contributed by atoms with E-state index in [4.69, 9.17) is 31.4 Å². The molecule has 0 saturated carbocycles. The van der Waals surface area contributed by atoms with Gasteiger partial charge in [0.25, 0.3) is 0 Å². The summed E-state index contributed by atoms with van der Waals surface area (Å²) in [7, 11) is 0. The molecule has 0 radical (unpaired) electrons. The molecular formula is C21H22Cl2N4O3. The second kappa shape index (κ2) is 8.70. The maximum atomic E-state index is 13.3. The fraction of sp³-hybridized carbons (Fsp3) is 0.381. The Hall–Kier alpha value is -2.51. The second-order valence-corrected chi connectivity index (χ2v) is 7.81. The zero-order valence-corrected chi connectivity index (χ0v) is 17.4. The summed E-state index contributed by atoms with van der Waals surface area (Å²) in [5, 5.41) is 4.78. The molecular weight excluding hydrogens is 427 g/mol. The molecule has 1 unspecified atom stereocenters. The van der Waals surface area contributed by atoms with Gasteiger partial charge in [-0.05, 0) is 50.3 Å². The zero-order chi connectivity index (χ0) is 27.1. The van der Waals surface area contributed by atoms with Gasteiger partial charge in [-0.25, -0.2) is 9.97 Å². The Morgan fingerprint density at radius 3 is 2.47 bits per heavy atom. The average molecular weight is 455 g/mol. The molecule has 3 amide bonds. The summed E-state index contributed by atoms with van der Waals surface area (Å²) in [5.41, 5.74) is -1.87. The van der Waals surface area contributed by atoms with Gasteiger partial charge in [-0.2, -0.15) is 0 Å². The number of aromatic nitrogens is 2. The lowest BCUT2D eigenvalue weighted by molar-refractivity contribution is -0.134. The first-order valence-electron chi connectivity index (χ1n) is 12.0. The third-order valence-electron chi connectivity index (χ3n) is 4.64. The van der Waals surface area contributed by atoms with Crippen LogP contribution in [-0.4, -0.2) is 27.7 Å². The number of amides is 3. The Bertz CT molecular complexity index is 1160. The molecule has 7 nitrogen and oxygen atoms in total. The molecule has 30 heavy (non-hydrogen) atoms. The minimum Gasteiger partial charge on any atom is -0.351 e. The van der Waals surface area contributed by atoms with Gasteiger partial charge >= 0.3 is 0 Å². The largest absolute Gasteiger partial charge is 0.351 e. The van der Waals surface area contributed by atoms with E-state index in [1.165, 1.54) is 24.5 Å². The number of imide groups is 1. The van der Waals surface area contributed by atoms with Crippen LogP contribution < -0.4 is 10.6 Å². The number of benzene rings is 1. The van der Waals surface area contributed by atoms with Gasteiger partial charge in [0.05, 0.1) is 5.92 Å². The molecule has 2 N–H and O–H groups in total. The Morgan fingerprint density at radius 2 is 1.90 bits per heavy atom. The summed E-state index contributed by atoms with van der Waals surface area (Å²) in [4.78, 5) is 44.7. The minimum absolute atomic E-state index is 0.0982. The highest BCUT2D eigenvalue weighted by atomic mass is 35.5. The first kappa shape index (κ1) is 15.3. The number of halogens is 2. The Labute approximate surface area is 193 Å². The molecule has 1 saturated heterocycles. The molecule has 0 bridgehead atoms. The normalized spacial score (nSPS) is 20.7. The maximum absolute atomic E-state index is 13.3. The number of hydrogen-bond acceptors (Lipinski definition) is 5. The van der Waals surface area contributed by atoms with Crippen molar-refractivity contribution in [2.24, 2.45) is 0 Å². The van der Waals surface area contributed by atoms with Crippen LogP contribution in [0.4, 0.5) is 0 Å². The number of carbonyl (C=O) groups is 3. The van der Waals surface area contributed by atoms with Crippen LogP contribution in [0.3, 0.4) is 0 Å². The number of carbonyl (C=O) groups excluding carboxylic acids is 3. The number of aryl methyl sites for hydroxylation is 1. The standard InChI is InChI=1S/C21H22Cl2N4O3/c1-11-8-24-19(25-9-11)21(2,3)20(30)26-10-12-6-14(22)17(15(23)7-12)13-4-5-16(28)27-18(13)29/h6-9,13H,4-5,10H2,1-3H3,(H,26,30)(H,27,28,29)/i2D3,3D3. The molecule has 1 aromatic heterocycles. The van der Waals surface area contributed by atoms with Crippen molar-refractivity contribution in [1.29, 1.82) is 0 Å². The van der Waals surface area contributed by atoms with Gasteiger partial charge in [0.15, 0.2) is 0 Å². The van der Waals surface area contributed by atoms with Crippen molar-refractivity contribution in [2.75, 3.05) is 0 Å². The predicted octanol–water partition coefficient (Wildman–Crippen LogP) is 3.21. The van der Waals surface area contributed by atoms with Crippen LogP contribution in [0.2, 0.25) is 10.0 Å². The molecule has 0 spiro atoms. The second-order valence-electron chi connectivity index (χ2n) is 6.99. The van der Waals surface area contributed by atoms with E-state index in [1.807, 2.05) is 0 Å². The highest BCUT2D eigenvalue weighted by Crippen LogP contribution is 2.37. The van der Waals surface area contributed by atoms with Crippen molar-refractivity contribution in [1.82, 2.24) is 20.6 Å². The highest BCUT2D eigenvalue weighted by Gasteiger charge is 2.33. The smallest absolute Gasteiger partial charge is 0.234 e. The predicted molar refractivity (Wildman–Crippen MR) is 113 cm³/mol. The van der Waals surface area contributed by atoms with E-state index in [-0.39, 0.29) is 29.4 Å². The molecule has 3 rings (SSSR count). The summed E-state index contributed by atoms with van der Waals surface area (Å²) in [6, 6.07) is 2.84. The van der Waals surface area contributed by atoms with Gasteiger partial charge in [0.1, 0.15) is 11.2 Å². The van der Waals surface area contributed by atoms with Gasteiger partial charge in [-0.1, -0.05) is 23.2 Å². The number of hydrogen-bond donors (Lipinski definition) is 2. The van der Waals surface area contributed by atoms with E-state index in [2.05, 4.69) is 20.6 Å². The van der Waals surface area contributed by atoms with Crippen LogP contribution >= 0.6 is 23.2 Å². The minimum atomic E-state index is -3.33. The molecule has 1 atom stereocenters. The maximum Gasteiger partial charge on any atom is 0.234 e. The van der Waals surface area contributed by atoms with Crippen molar-refractivity contribution in [3.05, 3.63) is 57.1 Å². The summed E-state index contributed by atoms with van der Waals surface area (Å²) in [6.45, 7) is -5.36. The van der Waals surface area contributed by atoms with Crippen molar-refractivity contribution in [2.45, 2.75) is 51.3 Å². The molecule has 158 valence electrons. The fourth-order valence-corrected chi connectivity index (χ4v) is 3.84. The molecule has 1 aliphatic rings. The van der Waals surface area contributed by atoms with Gasteiger partial charge in [0.2, 0.25) is 17.7 Å². The Kier molecular flexibility index (Phi) is 4.44. The van der Waals surface area contributed by atoms with Crippen molar-refractivity contribution in [3.63, 3.8) is 0 Å². The number of piperidine rings is 1. The van der Waals surface area contributed by atoms with E-state index in [9.17, 15) is 14.4 Å². The molecule has 1 aliphatic heterocycles. The van der Waals surface area contributed by atoms with E-state index in [0.717, 1.165) is 0 Å². The van der Waals surface area contributed by atoms with E-state index >= 15 is 0 Å². The monoisotopic (exact) mass is 454 g/mol. The van der Waals surface area contributed by atoms with Crippen LogP contribution in [0.1, 0.15) is 63.2 Å². The summed E-state index contributed by atoms with van der Waals surface area (Å²) >= 11 is 12.7. The first-order valence-corrected chi connectivity index (χ1v) is 9.74. The average Bonchev–Trinajstić information content (AvgIpc) is 2.73. The lowest BCUT2D eigenvalue weighted by Gasteiger charge is -2.24. The van der Waals surface area contributed by atoms with Crippen molar-refractivity contribution < 1.29 is 22.6 Å². The topological polar surface area (TPSA) is 101 Å². The lowest BCUT2D eigenvalue weighted by atomic mass is 9.89. The van der Waals surface area contributed by atoms with Crippen LogP contribution in [0.25, 0.3) is 0 Å². The summed E-state index contributed by atoms with van der Waals surface area (Å²) in [6.07, 6.45) is 2.80. The van der Waals surface area contributed by atoms with E-state index in [1.54, 1.807) is 6.92 Å². The molecule has 0 aliphatic carbocycles. The van der Waals surface area contributed by atoms with E-state index in [0.29, 0.717) is 16.7 Å². The molecule has 1 fully saturated rings. The number of nitrogens with zero attached hydrogens (tertiary/aromatic N) is 2. The molecule has 2 aromatic rings. The van der Waals surface area contributed by atoms with Gasteiger partial charge < -0.3 is 5.32 Å². The quantitative estimate of drug-likeness (QED) is 0.675. The first-order chi connectivity index (χ1) is 16.6. The molecule has 2 heterocycles.